The summed E-state index contributed by atoms with van der Waals surface area (Å²) >= 11 is 1.41. The van der Waals surface area contributed by atoms with E-state index in [0.29, 0.717) is 43.9 Å². The number of amides is 2. The third-order valence-electron chi connectivity index (χ3n) is 5.83. The molecule has 172 valence electrons. The monoisotopic (exact) mass is 476 g/mol. The Bertz CT molecular complexity index is 1070. The molecule has 0 radical (unpaired) electrons. The molecule has 1 aromatic heterocycles. The van der Waals surface area contributed by atoms with Crippen molar-refractivity contribution in [2.24, 2.45) is 5.92 Å². The quantitative estimate of drug-likeness (QED) is 0.609. The summed E-state index contributed by atoms with van der Waals surface area (Å²) in [7, 11) is -3.45. The number of likely N-dealkylation sites (tertiary alicyclic amines) is 1. The van der Waals surface area contributed by atoms with Gasteiger partial charge in [-0.3, -0.25) is 9.59 Å². The number of rotatable bonds is 8. The smallest absolute Gasteiger partial charge is 0.240 e. The molecule has 2 heterocycles. The minimum atomic E-state index is -3.45. The first-order valence-electron chi connectivity index (χ1n) is 10.9. The molecule has 1 aliphatic heterocycles. The van der Waals surface area contributed by atoms with Crippen molar-refractivity contribution in [2.45, 2.75) is 56.4 Å². The van der Waals surface area contributed by atoms with Crippen LogP contribution < -0.4 is 10.0 Å². The fraction of sp³-hybridized carbons (Fsp3) is 0.500. The Morgan fingerprint density at radius 2 is 1.81 bits per heavy atom. The second-order valence-electron chi connectivity index (χ2n) is 8.48. The third-order valence-corrected chi connectivity index (χ3v) is 8.24. The summed E-state index contributed by atoms with van der Waals surface area (Å²) in [5.41, 5.74) is 1.81. The molecule has 2 N–H and O–H groups in total. The molecule has 0 spiro atoms. The lowest BCUT2D eigenvalue weighted by molar-refractivity contribution is -0.134. The number of thiazole rings is 1. The Morgan fingerprint density at radius 1 is 1.12 bits per heavy atom. The number of nitrogens with one attached hydrogen (secondary N) is 2. The van der Waals surface area contributed by atoms with Crippen molar-refractivity contribution >= 4 is 38.3 Å². The molecule has 2 amide bonds. The fourth-order valence-corrected chi connectivity index (χ4v) is 5.74. The largest absolute Gasteiger partial charge is 0.343 e. The molecule has 1 aromatic carbocycles. The second kappa shape index (κ2) is 9.68. The van der Waals surface area contributed by atoms with E-state index in [2.05, 4.69) is 15.0 Å². The van der Waals surface area contributed by atoms with Crippen molar-refractivity contribution in [3.63, 3.8) is 0 Å². The zero-order valence-electron chi connectivity index (χ0n) is 18.0. The number of anilines is 1. The van der Waals surface area contributed by atoms with Crippen molar-refractivity contribution in [3.8, 4) is 0 Å². The topological polar surface area (TPSA) is 108 Å². The number of aryl methyl sites for hydroxylation is 2. The summed E-state index contributed by atoms with van der Waals surface area (Å²) in [6, 6.07) is 6.80. The van der Waals surface area contributed by atoms with Crippen LogP contribution in [0.1, 0.15) is 43.4 Å². The highest BCUT2D eigenvalue weighted by atomic mass is 32.2. The number of carbonyl (C=O) groups excluding carboxylic acids is 2. The van der Waals surface area contributed by atoms with Crippen LogP contribution in [0.5, 0.6) is 0 Å². The molecule has 0 atom stereocenters. The zero-order valence-corrected chi connectivity index (χ0v) is 19.7. The van der Waals surface area contributed by atoms with Crippen LogP contribution in [-0.4, -0.2) is 49.2 Å². The second-order valence-corrected chi connectivity index (χ2v) is 11.0. The number of nitrogens with zero attached hydrogens (tertiary/aromatic N) is 2. The Balaban J connectivity index is 1.21. The number of hydrogen-bond donors (Lipinski definition) is 2. The van der Waals surface area contributed by atoms with Crippen LogP contribution >= 0.6 is 11.3 Å². The van der Waals surface area contributed by atoms with Crippen molar-refractivity contribution in [2.75, 3.05) is 18.4 Å². The molecular weight excluding hydrogens is 448 g/mol. The first-order valence-corrected chi connectivity index (χ1v) is 13.3. The van der Waals surface area contributed by atoms with Crippen LogP contribution in [0.15, 0.2) is 34.5 Å². The van der Waals surface area contributed by atoms with Gasteiger partial charge < -0.3 is 10.2 Å². The van der Waals surface area contributed by atoms with E-state index in [-0.39, 0.29) is 28.7 Å². The van der Waals surface area contributed by atoms with Crippen LogP contribution in [-0.2, 0) is 26.0 Å². The lowest BCUT2D eigenvalue weighted by Gasteiger charge is -2.31. The molecule has 0 unspecified atom stereocenters. The number of aromatic nitrogens is 1. The lowest BCUT2D eigenvalue weighted by atomic mass is 9.95. The molecule has 2 fully saturated rings. The van der Waals surface area contributed by atoms with Crippen molar-refractivity contribution in [3.05, 3.63) is 40.9 Å². The molecule has 10 heteroatoms. The van der Waals surface area contributed by atoms with E-state index in [9.17, 15) is 18.0 Å². The third kappa shape index (κ3) is 5.93. The summed E-state index contributed by atoms with van der Waals surface area (Å²) in [4.78, 5) is 31.4. The predicted octanol–water partition coefficient (Wildman–Crippen LogP) is 2.70. The van der Waals surface area contributed by atoms with E-state index >= 15 is 0 Å². The van der Waals surface area contributed by atoms with Crippen LogP contribution in [0.25, 0.3) is 0 Å². The molecule has 1 aliphatic carbocycles. The van der Waals surface area contributed by atoms with E-state index in [1.54, 1.807) is 24.3 Å². The molecule has 2 aliphatic rings. The Labute approximate surface area is 192 Å². The number of piperidine rings is 1. The van der Waals surface area contributed by atoms with E-state index in [0.717, 1.165) is 24.1 Å². The van der Waals surface area contributed by atoms with Gasteiger partial charge in [-0.25, -0.2) is 18.1 Å². The van der Waals surface area contributed by atoms with Crippen LogP contribution in [0, 0.1) is 12.8 Å². The van der Waals surface area contributed by atoms with Crippen molar-refractivity contribution in [1.82, 2.24) is 14.6 Å². The maximum Gasteiger partial charge on any atom is 0.240 e. The average Bonchev–Trinajstić information content (AvgIpc) is 3.50. The van der Waals surface area contributed by atoms with Gasteiger partial charge in [0, 0.05) is 36.9 Å². The number of carbonyl (C=O) groups is 2. The van der Waals surface area contributed by atoms with Gasteiger partial charge in [0.25, 0.3) is 0 Å². The molecule has 8 nitrogen and oxygen atoms in total. The van der Waals surface area contributed by atoms with E-state index in [1.807, 2.05) is 17.2 Å². The molecule has 0 bridgehead atoms. The highest BCUT2D eigenvalue weighted by molar-refractivity contribution is 7.89. The SMILES string of the molecule is Cc1csc(NC(=O)C2CCN(C(=O)CCc3ccc(S(=O)(=O)NC4CC4)cc3)CC2)n1. The molecule has 2 aromatic rings. The standard InChI is InChI=1S/C22H28N4O4S2/c1-15-14-31-22(23-15)24-21(28)17-10-12-26(13-11-17)20(27)9-4-16-2-7-19(8-3-16)32(29,30)25-18-5-6-18/h2-3,7-8,14,17-18,25H,4-6,9-13H2,1H3,(H,23,24,28). The van der Waals surface area contributed by atoms with E-state index < -0.39 is 10.0 Å². The minimum Gasteiger partial charge on any atom is -0.343 e. The Kier molecular flexibility index (Phi) is 6.92. The highest BCUT2D eigenvalue weighted by Crippen LogP contribution is 2.23. The number of sulfonamides is 1. The lowest BCUT2D eigenvalue weighted by Crippen LogP contribution is -2.41. The average molecular weight is 477 g/mol. The fourth-order valence-electron chi connectivity index (χ4n) is 3.74. The van der Waals surface area contributed by atoms with Gasteiger partial charge >= 0.3 is 0 Å². The van der Waals surface area contributed by atoms with Crippen molar-refractivity contribution in [1.29, 1.82) is 0 Å². The molecule has 4 rings (SSSR count). The summed E-state index contributed by atoms with van der Waals surface area (Å²) < 4.78 is 27.1. The molecule has 1 saturated heterocycles. The summed E-state index contributed by atoms with van der Waals surface area (Å²) in [6.07, 6.45) is 3.99. The van der Waals surface area contributed by atoms with Gasteiger partial charge in [0.2, 0.25) is 21.8 Å². The number of hydrogen-bond acceptors (Lipinski definition) is 6. The first kappa shape index (κ1) is 22.9. The van der Waals surface area contributed by atoms with Crippen molar-refractivity contribution < 1.29 is 18.0 Å². The highest BCUT2D eigenvalue weighted by Gasteiger charge is 2.29. The minimum absolute atomic E-state index is 0.0299. The molecule has 1 saturated carbocycles. The number of benzene rings is 1. The summed E-state index contributed by atoms with van der Waals surface area (Å²) in [5.74, 6) is -0.0776. The van der Waals surface area contributed by atoms with Crippen LogP contribution in [0.4, 0.5) is 5.13 Å². The Hall–Kier alpha value is -2.30. The predicted molar refractivity (Wildman–Crippen MR) is 123 cm³/mol. The van der Waals surface area contributed by atoms with Gasteiger partial charge in [0.05, 0.1) is 10.6 Å². The zero-order chi connectivity index (χ0) is 22.7. The maximum atomic E-state index is 12.6. The van der Waals surface area contributed by atoms with Crippen LogP contribution in [0.3, 0.4) is 0 Å². The summed E-state index contributed by atoms with van der Waals surface area (Å²) in [6.45, 7) is 3.02. The summed E-state index contributed by atoms with van der Waals surface area (Å²) in [5, 5.41) is 5.39. The van der Waals surface area contributed by atoms with Gasteiger partial charge in [-0.15, -0.1) is 11.3 Å². The van der Waals surface area contributed by atoms with E-state index in [4.69, 9.17) is 0 Å². The molecular formula is C22H28N4O4S2. The van der Waals surface area contributed by atoms with Gasteiger partial charge in [-0.05, 0) is 56.7 Å². The normalized spacial score (nSPS) is 17.3. The van der Waals surface area contributed by atoms with Gasteiger partial charge in [-0.2, -0.15) is 0 Å². The van der Waals surface area contributed by atoms with E-state index in [1.165, 1.54) is 11.3 Å². The van der Waals surface area contributed by atoms with Gasteiger partial charge in [0.15, 0.2) is 5.13 Å². The Morgan fingerprint density at radius 3 is 2.41 bits per heavy atom. The molecule has 32 heavy (non-hydrogen) atoms. The first-order chi connectivity index (χ1) is 15.3. The maximum absolute atomic E-state index is 12.6. The van der Waals surface area contributed by atoms with Gasteiger partial charge in [0.1, 0.15) is 0 Å². The van der Waals surface area contributed by atoms with Gasteiger partial charge in [-0.1, -0.05) is 12.1 Å². The van der Waals surface area contributed by atoms with Crippen LogP contribution in [0.2, 0.25) is 0 Å².